The van der Waals surface area contributed by atoms with Crippen molar-refractivity contribution in [1.29, 1.82) is 0 Å². The lowest BCUT2D eigenvalue weighted by molar-refractivity contribution is 0.341. The van der Waals surface area contributed by atoms with Crippen LogP contribution in [0, 0.1) is 0 Å². The average molecular weight is 346 g/mol. The second kappa shape index (κ2) is 7.02. The number of nitrogens with one attached hydrogen (secondary N) is 1. The highest BCUT2D eigenvalue weighted by Crippen LogP contribution is 2.26. The zero-order chi connectivity index (χ0) is 15.3. The molecule has 0 saturated heterocycles. The van der Waals surface area contributed by atoms with Crippen molar-refractivity contribution in [3.63, 3.8) is 0 Å². The Bertz CT molecular complexity index is 705. The molecule has 1 N–H and O–H groups in total. The molecular weight excluding hydrogens is 333 g/mol. The fraction of sp³-hybridized carbons (Fsp3) is 0.143. The zero-order valence-electron chi connectivity index (χ0n) is 10.9. The minimum absolute atomic E-state index is 0.0392. The van der Waals surface area contributed by atoms with E-state index in [9.17, 15) is 8.42 Å². The quantitative estimate of drug-likeness (QED) is 0.865. The number of benzene rings is 2. The summed E-state index contributed by atoms with van der Waals surface area (Å²) in [5.74, 6) is 0.429. The lowest BCUT2D eigenvalue weighted by Crippen LogP contribution is -2.21. The van der Waals surface area contributed by atoms with Crippen molar-refractivity contribution in [2.24, 2.45) is 0 Å². The van der Waals surface area contributed by atoms with Crippen molar-refractivity contribution in [2.45, 2.75) is 0 Å². The number of halogens is 2. The number of sulfonamides is 1. The number of para-hydroxylation sites is 1. The molecule has 112 valence electrons. The molecule has 0 saturated carbocycles. The number of ether oxygens (including phenoxy) is 1. The molecule has 0 atom stereocenters. The van der Waals surface area contributed by atoms with E-state index in [1.165, 1.54) is 12.1 Å². The molecule has 0 fully saturated rings. The number of hydrogen-bond acceptors (Lipinski definition) is 3. The van der Waals surface area contributed by atoms with Gasteiger partial charge < -0.3 is 4.74 Å². The molecule has 0 aromatic heterocycles. The molecular formula is C14H13Cl2NO3S. The Morgan fingerprint density at radius 2 is 1.76 bits per heavy atom. The topological polar surface area (TPSA) is 55.4 Å². The van der Waals surface area contributed by atoms with Crippen LogP contribution in [0.15, 0.2) is 48.5 Å². The minimum Gasteiger partial charge on any atom is -0.492 e. The lowest BCUT2D eigenvalue weighted by atomic mass is 10.3. The van der Waals surface area contributed by atoms with Gasteiger partial charge in [-0.05, 0) is 30.3 Å². The Labute approximate surface area is 133 Å². The standard InChI is InChI=1S/C14H13Cl2NO3S/c15-11-6-7-13(16)14(10-11)17-21(18,19)9-8-20-12-4-2-1-3-5-12/h1-7,10,17H,8-9H2. The van der Waals surface area contributed by atoms with E-state index in [4.69, 9.17) is 27.9 Å². The third kappa shape index (κ3) is 5.12. The summed E-state index contributed by atoms with van der Waals surface area (Å²) in [6, 6.07) is 13.6. The average Bonchev–Trinajstić information content (AvgIpc) is 2.43. The predicted octanol–water partition coefficient (Wildman–Crippen LogP) is 3.81. The van der Waals surface area contributed by atoms with Gasteiger partial charge in [-0.3, -0.25) is 4.72 Å². The summed E-state index contributed by atoms with van der Waals surface area (Å²) < 4.78 is 31.7. The first-order valence-corrected chi connectivity index (χ1v) is 8.50. The summed E-state index contributed by atoms with van der Waals surface area (Å²) in [5, 5.41) is 0.685. The van der Waals surface area contributed by atoms with Crippen molar-refractivity contribution in [3.05, 3.63) is 58.6 Å². The molecule has 21 heavy (non-hydrogen) atoms. The van der Waals surface area contributed by atoms with Crippen molar-refractivity contribution >= 4 is 38.9 Å². The lowest BCUT2D eigenvalue weighted by Gasteiger charge is -2.10. The fourth-order valence-corrected chi connectivity index (χ4v) is 2.88. The monoisotopic (exact) mass is 345 g/mol. The van der Waals surface area contributed by atoms with Crippen molar-refractivity contribution < 1.29 is 13.2 Å². The van der Waals surface area contributed by atoms with E-state index in [1.807, 2.05) is 18.2 Å². The molecule has 0 amide bonds. The molecule has 4 nitrogen and oxygen atoms in total. The molecule has 7 heteroatoms. The van der Waals surface area contributed by atoms with Gasteiger partial charge in [0.05, 0.1) is 10.7 Å². The number of hydrogen-bond donors (Lipinski definition) is 1. The Balaban J connectivity index is 1.94. The van der Waals surface area contributed by atoms with Crippen LogP contribution < -0.4 is 9.46 Å². The van der Waals surface area contributed by atoms with Crippen molar-refractivity contribution in [1.82, 2.24) is 0 Å². The molecule has 0 heterocycles. The highest BCUT2D eigenvalue weighted by Gasteiger charge is 2.13. The minimum atomic E-state index is -3.56. The SMILES string of the molecule is O=S(=O)(CCOc1ccccc1)Nc1cc(Cl)ccc1Cl. The smallest absolute Gasteiger partial charge is 0.236 e. The summed E-state index contributed by atoms with van der Waals surface area (Å²) >= 11 is 11.7. The second-order valence-electron chi connectivity index (χ2n) is 4.21. The van der Waals surface area contributed by atoms with Crippen molar-refractivity contribution in [3.8, 4) is 5.75 Å². The number of rotatable bonds is 6. The van der Waals surface area contributed by atoms with Gasteiger partial charge in [0.15, 0.2) is 0 Å². The Morgan fingerprint density at radius 1 is 1.05 bits per heavy atom. The van der Waals surface area contributed by atoms with E-state index in [-0.39, 0.29) is 23.1 Å². The van der Waals surface area contributed by atoms with Crippen LogP contribution in [-0.4, -0.2) is 20.8 Å². The summed E-state index contributed by atoms with van der Waals surface area (Å²) in [6.45, 7) is 0.0392. The Hall–Kier alpha value is -1.43. The summed E-state index contributed by atoms with van der Waals surface area (Å²) in [5.41, 5.74) is 0.254. The summed E-state index contributed by atoms with van der Waals surface area (Å²) in [4.78, 5) is 0. The summed E-state index contributed by atoms with van der Waals surface area (Å²) in [6.07, 6.45) is 0. The van der Waals surface area contributed by atoms with Gasteiger partial charge >= 0.3 is 0 Å². The molecule has 0 aliphatic rings. The van der Waals surface area contributed by atoms with Gasteiger partial charge in [-0.2, -0.15) is 0 Å². The molecule has 0 unspecified atom stereocenters. The van der Waals surface area contributed by atoms with Gasteiger partial charge in [0.25, 0.3) is 0 Å². The Morgan fingerprint density at radius 3 is 2.48 bits per heavy atom. The van der Waals surface area contributed by atoms with E-state index < -0.39 is 10.0 Å². The highest BCUT2D eigenvalue weighted by atomic mass is 35.5. The van der Waals surface area contributed by atoms with E-state index in [0.717, 1.165) is 0 Å². The van der Waals surface area contributed by atoms with Crippen LogP contribution in [-0.2, 0) is 10.0 Å². The first kappa shape index (κ1) is 15.9. The molecule has 0 bridgehead atoms. The van der Waals surface area contributed by atoms with Gasteiger partial charge in [0.1, 0.15) is 18.1 Å². The largest absolute Gasteiger partial charge is 0.492 e. The second-order valence-corrected chi connectivity index (χ2v) is 6.89. The summed E-state index contributed by atoms with van der Waals surface area (Å²) in [7, 11) is -3.56. The van der Waals surface area contributed by atoms with Gasteiger partial charge in [-0.1, -0.05) is 41.4 Å². The van der Waals surface area contributed by atoms with E-state index in [2.05, 4.69) is 4.72 Å². The number of anilines is 1. The third-order valence-corrected chi connectivity index (χ3v) is 4.36. The fourth-order valence-electron chi connectivity index (χ4n) is 1.58. The molecule has 2 rings (SSSR count). The maximum absolute atomic E-state index is 12.0. The predicted molar refractivity (Wildman–Crippen MR) is 85.8 cm³/mol. The van der Waals surface area contributed by atoms with Crippen LogP contribution in [0.25, 0.3) is 0 Å². The maximum atomic E-state index is 12.0. The van der Waals surface area contributed by atoms with Gasteiger partial charge in [0, 0.05) is 5.02 Å². The van der Waals surface area contributed by atoms with Crippen LogP contribution in [0.3, 0.4) is 0 Å². The highest BCUT2D eigenvalue weighted by molar-refractivity contribution is 7.92. The van der Waals surface area contributed by atoms with Crippen LogP contribution in [0.2, 0.25) is 10.0 Å². The molecule has 0 aliphatic carbocycles. The van der Waals surface area contributed by atoms with Crippen molar-refractivity contribution in [2.75, 3.05) is 17.1 Å². The van der Waals surface area contributed by atoms with Gasteiger partial charge in [-0.15, -0.1) is 0 Å². The molecule has 2 aromatic rings. The normalized spacial score (nSPS) is 11.1. The molecule has 0 radical (unpaired) electrons. The van der Waals surface area contributed by atoms with Gasteiger partial charge in [0.2, 0.25) is 10.0 Å². The first-order valence-electron chi connectivity index (χ1n) is 6.10. The van der Waals surface area contributed by atoms with E-state index in [1.54, 1.807) is 18.2 Å². The van der Waals surface area contributed by atoms with Crippen LogP contribution in [0.1, 0.15) is 0 Å². The van der Waals surface area contributed by atoms with Crippen LogP contribution >= 0.6 is 23.2 Å². The molecule has 0 aliphatic heterocycles. The van der Waals surface area contributed by atoms with Gasteiger partial charge in [-0.25, -0.2) is 8.42 Å². The third-order valence-electron chi connectivity index (χ3n) is 2.56. The van der Waals surface area contributed by atoms with E-state index >= 15 is 0 Å². The Kier molecular flexibility index (Phi) is 5.33. The zero-order valence-corrected chi connectivity index (χ0v) is 13.3. The first-order chi connectivity index (χ1) is 9.96. The van der Waals surface area contributed by atoms with E-state index in [0.29, 0.717) is 10.8 Å². The van der Waals surface area contributed by atoms with Crippen LogP contribution in [0.4, 0.5) is 5.69 Å². The van der Waals surface area contributed by atoms with Crippen LogP contribution in [0.5, 0.6) is 5.75 Å². The maximum Gasteiger partial charge on any atom is 0.236 e. The molecule has 2 aromatic carbocycles. The molecule has 0 spiro atoms.